The molecule has 2 aromatic carbocycles. The number of ether oxygens (including phenoxy) is 1. The van der Waals surface area contributed by atoms with Gasteiger partial charge in [0, 0.05) is 22.8 Å². The van der Waals surface area contributed by atoms with Crippen LogP contribution < -0.4 is 10.1 Å². The first-order valence-corrected chi connectivity index (χ1v) is 9.70. The van der Waals surface area contributed by atoms with Crippen molar-refractivity contribution in [3.63, 3.8) is 0 Å². The van der Waals surface area contributed by atoms with Crippen molar-refractivity contribution in [2.75, 3.05) is 12.4 Å². The summed E-state index contributed by atoms with van der Waals surface area (Å²) in [5.74, 6) is -0.574. The fraction of sp³-hybridized carbons (Fsp3) is 0.182. The van der Waals surface area contributed by atoms with Crippen LogP contribution in [-0.4, -0.2) is 24.1 Å². The van der Waals surface area contributed by atoms with E-state index < -0.39 is 5.97 Å². The number of hydrogen-bond donors (Lipinski definition) is 2. The van der Waals surface area contributed by atoms with E-state index in [4.69, 9.17) is 4.74 Å². The maximum atomic E-state index is 12.5. The lowest BCUT2D eigenvalue weighted by molar-refractivity contribution is -0.116. The molecule has 1 atom stereocenters. The standard InChI is InChI=1S/C22H19NO4S/c1-12-3-5-13(6-4-12)16-11-17(24)23-19-18(21(22(25)26)28-20(16)19)14-7-9-15(27-2)10-8-14/h3-10,16H,11H2,1-2H3,(H,23,24)(H,25,26)/t16-/m1/s1. The third-order valence-corrected chi connectivity index (χ3v) is 6.25. The molecular weight excluding hydrogens is 374 g/mol. The molecule has 0 saturated heterocycles. The summed E-state index contributed by atoms with van der Waals surface area (Å²) in [6.07, 6.45) is 0.303. The summed E-state index contributed by atoms with van der Waals surface area (Å²) in [6, 6.07) is 15.2. The number of nitrogens with one attached hydrogen (secondary N) is 1. The second kappa shape index (κ2) is 7.13. The van der Waals surface area contributed by atoms with Crippen molar-refractivity contribution in [2.24, 2.45) is 0 Å². The Kier molecular flexibility index (Phi) is 4.65. The summed E-state index contributed by atoms with van der Waals surface area (Å²) in [5, 5.41) is 12.7. The minimum atomic E-state index is -0.998. The minimum absolute atomic E-state index is 0.109. The number of thiophene rings is 1. The van der Waals surface area contributed by atoms with Crippen LogP contribution >= 0.6 is 11.3 Å². The smallest absolute Gasteiger partial charge is 0.346 e. The van der Waals surface area contributed by atoms with Gasteiger partial charge in [0.1, 0.15) is 10.6 Å². The predicted molar refractivity (Wildman–Crippen MR) is 110 cm³/mol. The largest absolute Gasteiger partial charge is 0.497 e. The summed E-state index contributed by atoms with van der Waals surface area (Å²) >= 11 is 1.24. The number of hydrogen-bond acceptors (Lipinski definition) is 4. The van der Waals surface area contributed by atoms with Crippen molar-refractivity contribution in [3.05, 3.63) is 69.4 Å². The number of rotatable bonds is 4. The molecule has 3 aromatic rings. The molecule has 2 N–H and O–H groups in total. The number of carboxylic acids is 1. The second-order valence-corrected chi connectivity index (χ2v) is 7.85. The Balaban J connectivity index is 1.89. The number of aryl methyl sites for hydroxylation is 1. The van der Waals surface area contributed by atoms with Crippen molar-refractivity contribution >= 4 is 28.9 Å². The van der Waals surface area contributed by atoms with Crippen molar-refractivity contribution in [1.82, 2.24) is 0 Å². The molecule has 0 aliphatic carbocycles. The monoisotopic (exact) mass is 393 g/mol. The first-order valence-electron chi connectivity index (χ1n) is 8.88. The zero-order valence-corrected chi connectivity index (χ0v) is 16.3. The van der Waals surface area contributed by atoms with E-state index in [-0.39, 0.29) is 16.7 Å². The molecule has 1 aliphatic heterocycles. The molecule has 0 bridgehead atoms. The lowest BCUT2D eigenvalue weighted by Crippen LogP contribution is -2.22. The molecule has 0 unspecified atom stereocenters. The van der Waals surface area contributed by atoms with Crippen molar-refractivity contribution in [3.8, 4) is 16.9 Å². The summed E-state index contributed by atoms with van der Waals surface area (Å²) in [4.78, 5) is 25.6. The van der Waals surface area contributed by atoms with Crippen LogP contribution in [0.25, 0.3) is 11.1 Å². The Labute approximate surface area is 166 Å². The highest BCUT2D eigenvalue weighted by Crippen LogP contribution is 2.49. The van der Waals surface area contributed by atoms with Crippen LogP contribution in [0.5, 0.6) is 5.75 Å². The summed E-state index contributed by atoms with van der Waals surface area (Å²) < 4.78 is 5.19. The average Bonchev–Trinajstić information content (AvgIpc) is 3.07. The van der Waals surface area contributed by atoms with Crippen LogP contribution in [0.1, 0.15) is 38.0 Å². The van der Waals surface area contributed by atoms with E-state index in [0.717, 1.165) is 21.6 Å². The van der Waals surface area contributed by atoms with Crippen molar-refractivity contribution < 1.29 is 19.4 Å². The van der Waals surface area contributed by atoms with Gasteiger partial charge in [-0.15, -0.1) is 11.3 Å². The van der Waals surface area contributed by atoms with Gasteiger partial charge >= 0.3 is 5.97 Å². The van der Waals surface area contributed by atoms with Gasteiger partial charge in [0.2, 0.25) is 5.91 Å². The first kappa shape index (κ1) is 18.3. The van der Waals surface area contributed by atoms with Gasteiger partial charge in [-0.05, 0) is 30.2 Å². The summed E-state index contributed by atoms with van der Waals surface area (Å²) in [7, 11) is 1.58. The van der Waals surface area contributed by atoms with E-state index in [9.17, 15) is 14.7 Å². The van der Waals surface area contributed by atoms with Gasteiger partial charge in [-0.25, -0.2) is 4.79 Å². The minimum Gasteiger partial charge on any atom is -0.497 e. The van der Waals surface area contributed by atoms with E-state index in [0.29, 0.717) is 23.4 Å². The predicted octanol–water partition coefficient (Wildman–Crippen LogP) is 4.90. The van der Waals surface area contributed by atoms with Gasteiger partial charge < -0.3 is 15.2 Å². The molecule has 1 aromatic heterocycles. The molecule has 0 spiro atoms. The number of carboxylic acid groups (broad SMARTS) is 1. The lowest BCUT2D eigenvalue weighted by atomic mass is 9.88. The quantitative estimate of drug-likeness (QED) is 0.661. The number of anilines is 1. The van der Waals surface area contributed by atoms with Gasteiger partial charge in [-0.3, -0.25) is 4.79 Å². The van der Waals surface area contributed by atoms with Crippen LogP contribution in [0.2, 0.25) is 0 Å². The molecule has 1 aliphatic rings. The Morgan fingerprint density at radius 1 is 1.14 bits per heavy atom. The maximum absolute atomic E-state index is 12.5. The molecule has 5 nitrogen and oxygen atoms in total. The zero-order chi connectivity index (χ0) is 19.8. The zero-order valence-electron chi connectivity index (χ0n) is 15.5. The molecule has 6 heteroatoms. The molecule has 2 heterocycles. The van der Waals surface area contributed by atoms with Crippen LogP contribution in [-0.2, 0) is 4.79 Å². The van der Waals surface area contributed by atoms with E-state index in [1.807, 2.05) is 43.3 Å². The van der Waals surface area contributed by atoms with E-state index in [1.165, 1.54) is 11.3 Å². The molecule has 4 rings (SSSR count). The van der Waals surface area contributed by atoms with E-state index in [2.05, 4.69) is 5.32 Å². The van der Waals surface area contributed by atoms with Crippen LogP contribution in [0.4, 0.5) is 5.69 Å². The second-order valence-electron chi connectivity index (χ2n) is 6.79. The lowest BCUT2D eigenvalue weighted by Gasteiger charge is -2.24. The number of benzene rings is 2. The molecule has 28 heavy (non-hydrogen) atoms. The van der Waals surface area contributed by atoms with Gasteiger partial charge in [0.05, 0.1) is 12.8 Å². The number of carbonyl (C=O) groups excluding carboxylic acids is 1. The molecule has 1 amide bonds. The number of aromatic carboxylic acids is 1. The average molecular weight is 393 g/mol. The number of amides is 1. The van der Waals surface area contributed by atoms with Crippen molar-refractivity contribution in [2.45, 2.75) is 19.3 Å². The van der Waals surface area contributed by atoms with Gasteiger partial charge in [-0.1, -0.05) is 42.0 Å². The van der Waals surface area contributed by atoms with Gasteiger partial charge in [0.25, 0.3) is 0 Å². The Morgan fingerprint density at radius 3 is 2.43 bits per heavy atom. The van der Waals surface area contributed by atoms with Crippen molar-refractivity contribution in [1.29, 1.82) is 0 Å². The number of fused-ring (bicyclic) bond motifs is 1. The van der Waals surface area contributed by atoms with E-state index in [1.54, 1.807) is 19.2 Å². The number of carbonyl (C=O) groups is 2. The summed E-state index contributed by atoms with van der Waals surface area (Å²) in [6.45, 7) is 2.01. The first-order chi connectivity index (χ1) is 13.5. The highest BCUT2D eigenvalue weighted by atomic mass is 32.1. The highest BCUT2D eigenvalue weighted by Gasteiger charge is 2.34. The fourth-order valence-corrected chi connectivity index (χ4v) is 4.78. The molecule has 0 radical (unpaired) electrons. The Bertz CT molecular complexity index is 1050. The van der Waals surface area contributed by atoms with Crippen LogP contribution in [0, 0.1) is 6.92 Å². The van der Waals surface area contributed by atoms with Crippen LogP contribution in [0.3, 0.4) is 0 Å². The summed E-state index contributed by atoms with van der Waals surface area (Å²) in [5.41, 5.74) is 4.05. The Hall–Kier alpha value is -3.12. The topological polar surface area (TPSA) is 75.6 Å². The van der Waals surface area contributed by atoms with E-state index >= 15 is 0 Å². The van der Waals surface area contributed by atoms with Gasteiger partial charge in [0.15, 0.2) is 0 Å². The van der Waals surface area contributed by atoms with Crippen LogP contribution in [0.15, 0.2) is 48.5 Å². The third-order valence-electron chi connectivity index (χ3n) is 4.96. The Morgan fingerprint density at radius 2 is 1.82 bits per heavy atom. The van der Waals surface area contributed by atoms with Gasteiger partial charge in [-0.2, -0.15) is 0 Å². The molecule has 142 valence electrons. The number of methoxy groups -OCH3 is 1. The molecule has 0 fully saturated rings. The maximum Gasteiger partial charge on any atom is 0.346 e. The SMILES string of the molecule is COc1ccc(-c2c(C(=O)O)sc3c2NC(=O)C[C@@H]3c2ccc(C)cc2)cc1. The highest BCUT2D eigenvalue weighted by molar-refractivity contribution is 7.15. The third kappa shape index (κ3) is 3.16. The fourth-order valence-electron chi connectivity index (χ4n) is 3.54. The molecular formula is C22H19NO4S. The molecule has 0 saturated carbocycles. The normalized spacial score (nSPS) is 15.6.